The van der Waals surface area contributed by atoms with Crippen molar-refractivity contribution in [2.45, 2.75) is 57.4 Å². The van der Waals surface area contributed by atoms with Gasteiger partial charge in [0.15, 0.2) is 5.82 Å². The second kappa shape index (κ2) is 7.09. The summed E-state index contributed by atoms with van der Waals surface area (Å²) in [6.45, 7) is 4.79. The van der Waals surface area contributed by atoms with E-state index in [1.165, 1.54) is 12.8 Å². The van der Waals surface area contributed by atoms with Gasteiger partial charge in [-0.1, -0.05) is 0 Å². The van der Waals surface area contributed by atoms with Crippen LogP contribution in [0.15, 0.2) is 5.38 Å². The molecule has 0 spiro atoms. The van der Waals surface area contributed by atoms with Crippen LogP contribution in [0.1, 0.15) is 47.5 Å². The molecule has 3 heterocycles. The van der Waals surface area contributed by atoms with Crippen LogP contribution in [0.25, 0.3) is 0 Å². The molecule has 4 rings (SSSR count). The van der Waals surface area contributed by atoms with Crippen LogP contribution in [-0.2, 0) is 13.1 Å². The van der Waals surface area contributed by atoms with Crippen LogP contribution in [0.5, 0.6) is 0 Å². The van der Waals surface area contributed by atoms with E-state index < -0.39 is 6.17 Å². The fraction of sp³-hybridized carbons (Fsp3) is 0.706. The van der Waals surface area contributed by atoms with Crippen LogP contribution < -0.4 is 0 Å². The van der Waals surface area contributed by atoms with Gasteiger partial charge in [0.1, 0.15) is 12.0 Å². The number of alkyl halides is 1. The molecule has 1 aliphatic carbocycles. The van der Waals surface area contributed by atoms with Gasteiger partial charge in [-0.25, -0.2) is 14.4 Å². The van der Waals surface area contributed by atoms with Crippen LogP contribution in [0.4, 0.5) is 4.39 Å². The largest absolute Gasteiger partial charge is 0.297 e. The first-order valence-electron chi connectivity index (χ1n) is 8.95. The van der Waals surface area contributed by atoms with Gasteiger partial charge >= 0.3 is 0 Å². The molecule has 136 valence electrons. The van der Waals surface area contributed by atoms with Crippen LogP contribution in [0.2, 0.25) is 0 Å². The Bertz CT molecular complexity index is 712. The molecule has 2 fully saturated rings. The van der Waals surface area contributed by atoms with Crippen molar-refractivity contribution in [3.05, 3.63) is 27.7 Å². The number of aryl methyl sites for hydroxylation is 1. The van der Waals surface area contributed by atoms with Crippen molar-refractivity contribution < 1.29 is 4.39 Å². The zero-order valence-electron chi connectivity index (χ0n) is 14.8. The van der Waals surface area contributed by atoms with Crippen molar-refractivity contribution in [3.8, 4) is 0 Å². The summed E-state index contributed by atoms with van der Waals surface area (Å²) in [6, 6.07) is 0.216. The number of aromatic amines is 1. The predicted molar refractivity (Wildman–Crippen MR) is 95.3 cm³/mol. The van der Waals surface area contributed by atoms with Crippen molar-refractivity contribution in [1.29, 1.82) is 0 Å². The molecule has 1 saturated carbocycles. The second-order valence-corrected chi connectivity index (χ2v) is 8.45. The summed E-state index contributed by atoms with van der Waals surface area (Å²) in [5.41, 5.74) is 1.05. The van der Waals surface area contributed by atoms with Gasteiger partial charge in [-0.15, -0.1) is 11.3 Å². The summed E-state index contributed by atoms with van der Waals surface area (Å²) in [5.74, 6) is 2.42. The van der Waals surface area contributed by atoms with E-state index >= 15 is 0 Å². The van der Waals surface area contributed by atoms with E-state index in [4.69, 9.17) is 0 Å². The second-order valence-electron chi connectivity index (χ2n) is 7.39. The number of hydrogen-bond acceptors (Lipinski definition) is 6. The van der Waals surface area contributed by atoms with E-state index in [1.54, 1.807) is 11.3 Å². The van der Waals surface area contributed by atoms with Gasteiger partial charge in [0.2, 0.25) is 0 Å². The molecule has 2 aliphatic rings. The molecular weight excluding hydrogens is 339 g/mol. The monoisotopic (exact) mass is 364 g/mol. The minimum atomic E-state index is -0.745. The summed E-state index contributed by atoms with van der Waals surface area (Å²) in [5, 5.41) is 10.5. The van der Waals surface area contributed by atoms with Crippen LogP contribution in [-0.4, -0.2) is 62.3 Å². The molecule has 1 aliphatic heterocycles. The fourth-order valence-corrected chi connectivity index (χ4v) is 4.18. The van der Waals surface area contributed by atoms with Gasteiger partial charge in [-0.2, -0.15) is 5.10 Å². The number of thiazole rings is 1. The number of aromatic nitrogens is 4. The van der Waals surface area contributed by atoms with Gasteiger partial charge in [-0.3, -0.25) is 14.9 Å². The standard InChI is InChI=1S/C17H25FN6S/c1-11-19-14(10-25-11)7-24-6-13(18)5-15(24)8-23(2)9-16-20-17(22-21-16)12-3-4-12/h10,12-13,15H,3-9H2,1-2H3,(H,20,21,22)/t13-,15-/m0/s1. The van der Waals surface area contributed by atoms with Gasteiger partial charge < -0.3 is 0 Å². The summed E-state index contributed by atoms with van der Waals surface area (Å²) < 4.78 is 14.0. The Labute approximate surface area is 151 Å². The Morgan fingerprint density at radius 3 is 2.96 bits per heavy atom. The molecule has 2 atom stereocenters. The maximum Gasteiger partial charge on any atom is 0.153 e. The van der Waals surface area contributed by atoms with Gasteiger partial charge in [0.05, 0.1) is 17.2 Å². The lowest BCUT2D eigenvalue weighted by atomic mass is 10.2. The molecule has 0 radical (unpaired) electrons. The van der Waals surface area contributed by atoms with Crippen LogP contribution >= 0.6 is 11.3 Å². The Hall–Kier alpha value is -1.38. The van der Waals surface area contributed by atoms with Gasteiger partial charge in [0, 0.05) is 37.0 Å². The van der Waals surface area contributed by atoms with E-state index in [-0.39, 0.29) is 6.04 Å². The average molecular weight is 364 g/mol. The lowest BCUT2D eigenvalue weighted by Crippen LogP contribution is -2.38. The Morgan fingerprint density at radius 1 is 1.40 bits per heavy atom. The van der Waals surface area contributed by atoms with Crippen molar-refractivity contribution in [3.63, 3.8) is 0 Å². The first-order chi connectivity index (χ1) is 12.1. The van der Waals surface area contributed by atoms with Crippen molar-refractivity contribution in [2.75, 3.05) is 20.1 Å². The molecule has 25 heavy (non-hydrogen) atoms. The molecule has 2 aromatic heterocycles. The molecule has 8 heteroatoms. The molecule has 0 amide bonds. The number of likely N-dealkylation sites (tertiary alicyclic amines) is 1. The van der Waals surface area contributed by atoms with E-state index in [9.17, 15) is 4.39 Å². The van der Waals surface area contributed by atoms with Crippen LogP contribution in [0.3, 0.4) is 0 Å². The third kappa shape index (κ3) is 4.24. The third-order valence-corrected chi connectivity index (χ3v) is 5.76. The topological polar surface area (TPSA) is 60.9 Å². The lowest BCUT2D eigenvalue weighted by Gasteiger charge is -2.27. The van der Waals surface area contributed by atoms with E-state index in [0.717, 1.165) is 42.0 Å². The zero-order chi connectivity index (χ0) is 17.4. The van der Waals surface area contributed by atoms with Gasteiger partial charge in [0.25, 0.3) is 0 Å². The van der Waals surface area contributed by atoms with Crippen molar-refractivity contribution >= 4 is 11.3 Å². The number of rotatable bonds is 7. The lowest BCUT2D eigenvalue weighted by molar-refractivity contribution is 0.177. The van der Waals surface area contributed by atoms with Gasteiger partial charge in [-0.05, 0) is 33.2 Å². The molecular formula is C17H25FN6S. The highest BCUT2D eigenvalue weighted by atomic mass is 32.1. The first kappa shape index (κ1) is 17.1. The predicted octanol–water partition coefficient (Wildman–Crippen LogP) is 2.49. The number of nitrogens with one attached hydrogen (secondary N) is 1. The molecule has 1 saturated heterocycles. The molecule has 1 N–H and O–H groups in total. The number of likely N-dealkylation sites (N-methyl/N-ethyl adjacent to an activating group) is 1. The number of nitrogens with zero attached hydrogens (tertiary/aromatic N) is 5. The average Bonchev–Trinajstić information content (AvgIpc) is 3.02. The quantitative estimate of drug-likeness (QED) is 0.818. The Kier molecular flexibility index (Phi) is 4.84. The summed E-state index contributed by atoms with van der Waals surface area (Å²) >= 11 is 1.65. The van der Waals surface area contributed by atoms with E-state index in [2.05, 4.69) is 42.4 Å². The Balaban J connectivity index is 1.33. The summed E-state index contributed by atoms with van der Waals surface area (Å²) in [6.07, 6.45) is 2.26. The van der Waals surface area contributed by atoms with Crippen molar-refractivity contribution in [1.82, 2.24) is 30.0 Å². The minimum Gasteiger partial charge on any atom is -0.297 e. The molecule has 2 aromatic rings. The highest BCUT2D eigenvalue weighted by Crippen LogP contribution is 2.37. The first-order valence-corrected chi connectivity index (χ1v) is 9.83. The third-order valence-electron chi connectivity index (χ3n) is 4.94. The highest BCUT2D eigenvalue weighted by molar-refractivity contribution is 7.09. The van der Waals surface area contributed by atoms with E-state index in [1.807, 2.05) is 6.92 Å². The highest BCUT2D eigenvalue weighted by Gasteiger charge is 2.33. The van der Waals surface area contributed by atoms with Crippen LogP contribution in [0, 0.1) is 6.92 Å². The normalized spacial score (nSPS) is 24.5. The van der Waals surface area contributed by atoms with Crippen molar-refractivity contribution in [2.24, 2.45) is 0 Å². The summed E-state index contributed by atoms with van der Waals surface area (Å²) in [7, 11) is 2.07. The Morgan fingerprint density at radius 2 is 2.24 bits per heavy atom. The molecule has 6 nitrogen and oxygen atoms in total. The number of hydrogen-bond donors (Lipinski definition) is 1. The fourth-order valence-electron chi connectivity index (χ4n) is 3.58. The molecule has 0 aromatic carbocycles. The number of H-pyrrole nitrogens is 1. The maximum atomic E-state index is 14.0. The molecule has 0 unspecified atom stereocenters. The number of halogens is 1. The summed E-state index contributed by atoms with van der Waals surface area (Å²) in [4.78, 5) is 13.5. The maximum absolute atomic E-state index is 14.0. The zero-order valence-corrected chi connectivity index (χ0v) is 15.6. The smallest absolute Gasteiger partial charge is 0.153 e. The van der Waals surface area contributed by atoms with E-state index in [0.29, 0.717) is 18.9 Å². The SMILES string of the molecule is Cc1nc(CN2C[C@@H](F)C[C@H]2CN(C)Cc2nc(C3CC3)n[nH]2)cs1. The minimum absolute atomic E-state index is 0.216. The molecule has 0 bridgehead atoms.